The molecule has 0 aliphatic carbocycles. The molecule has 5 rings (SSSR count). The summed E-state index contributed by atoms with van der Waals surface area (Å²) in [5, 5.41) is 34.8. The predicted molar refractivity (Wildman–Crippen MR) is 147 cm³/mol. The third-order valence-corrected chi connectivity index (χ3v) is 7.55. The Bertz CT molecular complexity index is 1280. The van der Waals surface area contributed by atoms with Crippen molar-refractivity contribution in [3.8, 4) is 22.9 Å². The highest BCUT2D eigenvalue weighted by atomic mass is 16.5. The first-order chi connectivity index (χ1) is 18.9. The van der Waals surface area contributed by atoms with Crippen molar-refractivity contribution in [2.24, 2.45) is 5.92 Å². The summed E-state index contributed by atoms with van der Waals surface area (Å²) < 4.78 is 13.2. The monoisotopic (exact) mass is 535 g/mol. The summed E-state index contributed by atoms with van der Waals surface area (Å²) in [5.74, 6) is 1.52. The molecule has 0 radical (unpaired) electrons. The van der Waals surface area contributed by atoms with Crippen LogP contribution < -0.4 is 9.64 Å². The predicted octanol–water partition coefficient (Wildman–Crippen LogP) is 1.44. The third-order valence-electron chi connectivity index (χ3n) is 7.55. The number of morpholine rings is 1. The summed E-state index contributed by atoms with van der Waals surface area (Å²) in [4.78, 5) is 11.1. The van der Waals surface area contributed by atoms with Gasteiger partial charge in [-0.2, -0.15) is 10.4 Å². The van der Waals surface area contributed by atoms with Crippen molar-refractivity contribution in [1.29, 1.82) is 5.26 Å². The van der Waals surface area contributed by atoms with Crippen LogP contribution in [-0.2, 0) is 4.74 Å². The number of piperazine rings is 1. The number of anilines is 1. The third kappa shape index (κ3) is 6.16. The van der Waals surface area contributed by atoms with E-state index >= 15 is 0 Å². The SMILES string of the molecule is CC(C)[C@@H](O)[C@@H](O)N1CCN(c2ccc(-c3cc(OCCN4CCOCC4)cn4ncc(C#N)c34)cn2)CC1. The molecule has 39 heavy (non-hydrogen) atoms. The maximum absolute atomic E-state index is 10.5. The number of aromatic nitrogens is 3. The van der Waals surface area contributed by atoms with Crippen LogP contribution in [0.4, 0.5) is 5.82 Å². The van der Waals surface area contributed by atoms with E-state index in [4.69, 9.17) is 14.5 Å². The molecule has 2 N–H and O–H groups in total. The fourth-order valence-corrected chi connectivity index (χ4v) is 5.10. The van der Waals surface area contributed by atoms with Gasteiger partial charge in [0.15, 0.2) is 0 Å². The Kier molecular flexibility index (Phi) is 8.60. The molecule has 2 fully saturated rings. The number of nitriles is 1. The second-order valence-corrected chi connectivity index (χ2v) is 10.4. The van der Waals surface area contributed by atoms with Gasteiger partial charge >= 0.3 is 0 Å². The number of hydrogen-bond donors (Lipinski definition) is 2. The lowest BCUT2D eigenvalue weighted by Gasteiger charge is -2.39. The van der Waals surface area contributed by atoms with Crippen LogP contribution in [0.2, 0.25) is 0 Å². The number of pyridine rings is 2. The number of rotatable bonds is 9. The molecule has 0 saturated carbocycles. The van der Waals surface area contributed by atoms with Gasteiger partial charge in [0.25, 0.3) is 0 Å². The van der Waals surface area contributed by atoms with Crippen LogP contribution in [0.1, 0.15) is 19.4 Å². The summed E-state index contributed by atoms with van der Waals surface area (Å²) >= 11 is 0. The highest BCUT2D eigenvalue weighted by Gasteiger charge is 2.29. The molecule has 208 valence electrons. The molecular formula is C28H37N7O4. The number of aliphatic hydroxyl groups is 2. The number of hydrogen-bond acceptors (Lipinski definition) is 10. The standard InChI is InChI=1S/C28H37N7O4/c1-20(2)27(36)28(37)34-7-5-33(6-8-34)25-4-3-21(17-30-25)24-15-23(19-35-26(24)22(16-29)18-31-35)39-14-11-32-9-12-38-13-10-32/h3-4,15,17-20,27-28,36-37H,5-14H2,1-2H3/t27-,28-/m1/s1. The maximum Gasteiger partial charge on any atom is 0.138 e. The minimum Gasteiger partial charge on any atom is -0.491 e. The van der Waals surface area contributed by atoms with Crippen LogP contribution >= 0.6 is 0 Å². The van der Waals surface area contributed by atoms with Gasteiger partial charge in [-0.3, -0.25) is 9.80 Å². The topological polar surface area (TPSA) is 123 Å². The number of ether oxygens (including phenoxy) is 2. The van der Waals surface area contributed by atoms with Gasteiger partial charge in [-0.1, -0.05) is 13.8 Å². The van der Waals surface area contributed by atoms with Gasteiger partial charge in [-0.05, 0) is 24.1 Å². The molecule has 11 heteroatoms. The van der Waals surface area contributed by atoms with Gasteiger partial charge in [-0.15, -0.1) is 0 Å². The lowest BCUT2D eigenvalue weighted by molar-refractivity contribution is -0.101. The van der Waals surface area contributed by atoms with Crippen LogP contribution in [0.3, 0.4) is 0 Å². The zero-order chi connectivity index (χ0) is 27.4. The van der Waals surface area contributed by atoms with Crippen LogP contribution in [0.5, 0.6) is 5.75 Å². The Labute approximate surface area is 228 Å². The quantitative estimate of drug-likeness (QED) is 0.416. The normalized spacial score (nSPS) is 18.8. The molecule has 2 atom stereocenters. The first-order valence-electron chi connectivity index (χ1n) is 13.6. The van der Waals surface area contributed by atoms with E-state index in [0.717, 1.165) is 55.3 Å². The van der Waals surface area contributed by atoms with E-state index in [1.807, 2.05) is 49.3 Å². The molecule has 2 saturated heterocycles. The van der Waals surface area contributed by atoms with Gasteiger partial charge in [-0.25, -0.2) is 9.50 Å². The van der Waals surface area contributed by atoms with Crippen molar-refractivity contribution in [2.45, 2.75) is 26.2 Å². The van der Waals surface area contributed by atoms with Crippen molar-refractivity contribution in [2.75, 3.05) is 70.5 Å². The Hall–Kier alpha value is -3.27. The molecule has 3 aromatic rings. The van der Waals surface area contributed by atoms with Gasteiger partial charge in [0, 0.05) is 63.1 Å². The molecule has 2 aliphatic rings. The largest absolute Gasteiger partial charge is 0.491 e. The zero-order valence-corrected chi connectivity index (χ0v) is 22.6. The average molecular weight is 536 g/mol. The van der Waals surface area contributed by atoms with E-state index in [9.17, 15) is 15.5 Å². The first kappa shape index (κ1) is 27.3. The average Bonchev–Trinajstić information content (AvgIpc) is 3.40. The molecule has 5 heterocycles. The molecule has 11 nitrogen and oxygen atoms in total. The van der Waals surface area contributed by atoms with Crippen LogP contribution in [0.25, 0.3) is 16.6 Å². The molecule has 0 aromatic carbocycles. The minimum absolute atomic E-state index is 0.00952. The summed E-state index contributed by atoms with van der Waals surface area (Å²) in [7, 11) is 0. The van der Waals surface area contributed by atoms with Crippen molar-refractivity contribution >= 4 is 11.3 Å². The summed E-state index contributed by atoms with van der Waals surface area (Å²) in [6.45, 7) is 11.2. The van der Waals surface area contributed by atoms with E-state index in [1.165, 1.54) is 0 Å². The number of nitrogens with zero attached hydrogens (tertiary/aromatic N) is 7. The molecule has 3 aromatic heterocycles. The Balaban J connectivity index is 1.29. The van der Waals surface area contributed by atoms with Crippen molar-refractivity contribution < 1.29 is 19.7 Å². The number of fused-ring (bicyclic) bond motifs is 1. The fraction of sp³-hybridized carbons (Fsp3) is 0.536. The van der Waals surface area contributed by atoms with Crippen molar-refractivity contribution in [3.63, 3.8) is 0 Å². The van der Waals surface area contributed by atoms with Gasteiger partial charge in [0.05, 0.1) is 42.8 Å². The van der Waals surface area contributed by atoms with E-state index in [2.05, 4.69) is 21.0 Å². The van der Waals surface area contributed by atoms with Crippen molar-refractivity contribution in [1.82, 2.24) is 24.4 Å². The van der Waals surface area contributed by atoms with Crippen molar-refractivity contribution in [3.05, 3.63) is 42.4 Å². The Morgan fingerprint density at radius 2 is 1.85 bits per heavy atom. The van der Waals surface area contributed by atoms with E-state index in [1.54, 1.807) is 10.7 Å². The zero-order valence-electron chi connectivity index (χ0n) is 22.6. The smallest absolute Gasteiger partial charge is 0.138 e. The van der Waals surface area contributed by atoms with Gasteiger partial charge in [0.2, 0.25) is 0 Å². The molecule has 0 bridgehead atoms. The first-order valence-corrected chi connectivity index (χ1v) is 13.6. The molecule has 2 aliphatic heterocycles. The summed E-state index contributed by atoms with van der Waals surface area (Å²) in [5.41, 5.74) is 2.92. The highest BCUT2D eigenvalue weighted by molar-refractivity contribution is 5.85. The summed E-state index contributed by atoms with van der Waals surface area (Å²) in [6.07, 6.45) is 3.57. The van der Waals surface area contributed by atoms with E-state index < -0.39 is 12.3 Å². The van der Waals surface area contributed by atoms with E-state index in [-0.39, 0.29) is 5.92 Å². The van der Waals surface area contributed by atoms with Crippen LogP contribution in [-0.4, -0.2) is 113 Å². The number of aliphatic hydroxyl groups excluding tert-OH is 2. The second kappa shape index (κ2) is 12.3. The fourth-order valence-electron chi connectivity index (χ4n) is 5.10. The molecular weight excluding hydrogens is 498 g/mol. The highest BCUT2D eigenvalue weighted by Crippen LogP contribution is 2.31. The minimum atomic E-state index is -0.863. The molecule has 0 amide bonds. The van der Waals surface area contributed by atoms with Crippen LogP contribution in [0, 0.1) is 17.2 Å². The lowest BCUT2D eigenvalue weighted by Crippen LogP contribution is -2.54. The Morgan fingerprint density at radius 3 is 2.51 bits per heavy atom. The maximum atomic E-state index is 10.5. The van der Waals surface area contributed by atoms with Gasteiger partial charge < -0.3 is 24.6 Å². The lowest BCUT2D eigenvalue weighted by atomic mass is 10.0. The second-order valence-electron chi connectivity index (χ2n) is 10.4. The summed E-state index contributed by atoms with van der Waals surface area (Å²) in [6, 6.07) is 8.18. The van der Waals surface area contributed by atoms with E-state index in [0.29, 0.717) is 44.1 Å². The van der Waals surface area contributed by atoms with Crippen LogP contribution in [0.15, 0.2) is 36.8 Å². The molecule has 0 spiro atoms. The Morgan fingerprint density at radius 1 is 1.08 bits per heavy atom. The molecule has 0 unspecified atom stereocenters. The van der Waals surface area contributed by atoms with Gasteiger partial charge in [0.1, 0.15) is 30.5 Å².